The molecule has 9 nitrogen and oxygen atoms in total. The normalized spacial score (nSPS) is 12.5. The molecular weight excluding hydrogens is 439 g/mol. The highest BCUT2D eigenvalue weighted by Gasteiger charge is 2.15. The van der Waals surface area contributed by atoms with Gasteiger partial charge in [-0.15, -0.1) is 0 Å². The van der Waals surface area contributed by atoms with Crippen molar-refractivity contribution >= 4 is 11.9 Å². The minimum absolute atomic E-state index is 0.222. The molecule has 3 heterocycles. The second-order valence-electron chi connectivity index (χ2n) is 7.51. The van der Waals surface area contributed by atoms with Gasteiger partial charge in [-0.2, -0.15) is 0 Å². The lowest BCUT2D eigenvalue weighted by molar-refractivity contribution is 0.0950. The summed E-state index contributed by atoms with van der Waals surface area (Å²) in [6, 6.07) is 10.1. The first-order valence-corrected chi connectivity index (χ1v) is 10.7. The van der Waals surface area contributed by atoms with Crippen LogP contribution < -0.4 is 25.4 Å². The highest BCUT2D eigenvalue weighted by atomic mass is 19.1. The van der Waals surface area contributed by atoms with E-state index in [4.69, 9.17) is 9.47 Å². The molecule has 0 fully saturated rings. The molecule has 1 amide bonds. The largest absolute Gasteiger partial charge is 0.497 e. The molecule has 0 saturated carbocycles. The summed E-state index contributed by atoms with van der Waals surface area (Å²) in [4.78, 5) is 25.6. The second-order valence-corrected chi connectivity index (χ2v) is 7.51. The van der Waals surface area contributed by atoms with Crippen molar-refractivity contribution in [3.05, 3.63) is 71.4 Å². The smallest absolute Gasteiger partial charge is 0.251 e. The Balaban J connectivity index is 1.62. The lowest BCUT2D eigenvalue weighted by Crippen LogP contribution is -2.33. The van der Waals surface area contributed by atoms with E-state index in [1.807, 2.05) is 6.07 Å². The van der Waals surface area contributed by atoms with Crippen molar-refractivity contribution in [3.8, 4) is 22.8 Å². The molecule has 3 aromatic rings. The number of guanidine groups is 1. The monoisotopic (exact) mass is 464 g/mol. The van der Waals surface area contributed by atoms with Crippen LogP contribution in [0.4, 0.5) is 4.39 Å². The Morgan fingerprint density at radius 2 is 2.00 bits per heavy atom. The molecule has 1 aromatic carbocycles. The average molecular weight is 465 g/mol. The summed E-state index contributed by atoms with van der Waals surface area (Å²) in [6.07, 6.45) is 2.71. The van der Waals surface area contributed by atoms with Gasteiger partial charge in [-0.3, -0.25) is 14.8 Å². The zero-order valence-electron chi connectivity index (χ0n) is 18.9. The van der Waals surface area contributed by atoms with Crippen molar-refractivity contribution in [2.24, 2.45) is 4.99 Å². The molecule has 0 spiro atoms. The summed E-state index contributed by atoms with van der Waals surface area (Å²) in [6.45, 7) is 2.13. The lowest BCUT2D eigenvalue weighted by atomic mass is 9.99. The van der Waals surface area contributed by atoms with Crippen LogP contribution in [0, 0.1) is 5.82 Å². The van der Waals surface area contributed by atoms with Crippen molar-refractivity contribution < 1.29 is 18.7 Å². The third-order valence-electron chi connectivity index (χ3n) is 5.17. The number of amides is 1. The Morgan fingerprint density at radius 3 is 2.76 bits per heavy atom. The van der Waals surface area contributed by atoms with E-state index < -0.39 is 5.82 Å². The van der Waals surface area contributed by atoms with E-state index in [9.17, 15) is 9.18 Å². The van der Waals surface area contributed by atoms with Gasteiger partial charge in [-0.25, -0.2) is 9.37 Å². The SMILES string of the molecule is COc1ccnc(CNC(=O)c2cc(CNC3=NCCN3)cc(-c3cc(F)cnc3OC)c2)c1. The number of ether oxygens (including phenoxy) is 2. The van der Waals surface area contributed by atoms with Crippen LogP contribution in [0.3, 0.4) is 0 Å². The number of nitrogens with zero attached hydrogens (tertiary/aromatic N) is 3. The van der Waals surface area contributed by atoms with E-state index >= 15 is 0 Å². The van der Waals surface area contributed by atoms with Gasteiger partial charge < -0.3 is 25.4 Å². The summed E-state index contributed by atoms with van der Waals surface area (Å²) in [5, 5.41) is 9.24. The predicted molar refractivity (Wildman–Crippen MR) is 125 cm³/mol. The third-order valence-corrected chi connectivity index (χ3v) is 5.17. The maximum Gasteiger partial charge on any atom is 0.251 e. The predicted octanol–water partition coefficient (Wildman–Crippen LogP) is 2.28. The van der Waals surface area contributed by atoms with E-state index in [-0.39, 0.29) is 18.3 Å². The Morgan fingerprint density at radius 1 is 1.12 bits per heavy atom. The molecule has 1 aliphatic heterocycles. The number of aromatic nitrogens is 2. The van der Waals surface area contributed by atoms with E-state index in [2.05, 4.69) is 30.9 Å². The van der Waals surface area contributed by atoms with Crippen LogP contribution in [-0.2, 0) is 13.1 Å². The van der Waals surface area contributed by atoms with Crippen molar-refractivity contribution in [1.29, 1.82) is 0 Å². The number of hydrogen-bond donors (Lipinski definition) is 3. The van der Waals surface area contributed by atoms with Gasteiger partial charge in [0.15, 0.2) is 5.96 Å². The van der Waals surface area contributed by atoms with Gasteiger partial charge in [0.2, 0.25) is 5.88 Å². The van der Waals surface area contributed by atoms with Crippen molar-refractivity contribution in [3.63, 3.8) is 0 Å². The Kier molecular flexibility index (Phi) is 7.16. The molecule has 1 aliphatic rings. The van der Waals surface area contributed by atoms with Crippen molar-refractivity contribution in [1.82, 2.24) is 25.9 Å². The van der Waals surface area contributed by atoms with Gasteiger partial charge in [0.1, 0.15) is 11.6 Å². The van der Waals surface area contributed by atoms with Crippen LogP contribution in [0.25, 0.3) is 11.1 Å². The number of benzene rings is 1. The molecule has 3 N–H and O–H groups in total. The molecule has 0 unspecified atom stereocenters. The first-order chi connectivity index (χ1) is 16.6. The standard InChI is InChI=1S/C24H25FN6O3/c1-33-20-3-4-26-19(11-20)14-29-22(32)17-8-15(12-31-24-27-5-6-28-24)7-16(9-17)21-10-18(25)13-30-23(21)34-2/h3-4,7-11,13H,5-6,12,14H2,1-2H3,(H,29,32)(H2,27,28,31). The molecule has 34 heavy (non-hydrogen) atoms. The highest BCUT2D eigenvalue weighted by molar-refractivity contribution is 5.96. The fourth-order valence-electron chi connectivity index (χ4n) is 3.53. The average Bonchev–Trinajstić information content (AvgIpc) is 3.39. The Labute approximate surface area is 196 Å². The Hall–Kier alpha value is -4.21. The van der Waals surface area contributed by atoms with Gasteiger partial charge in [-0.05, 0) is 41.5 Å². The maximum atomic E-state index is 14.0. The van der Waals surface area contributed by atoms with Crippen molar-refractivity contribution in [2.45, 2.75) is 13.1 Å². The maximum absolute atomic E-state index is 14.0. The number of carbonyl (C=O) groups is 1. The fraction of sp³-hybridized carbons (Fsp3) is 0.250. The minimum Gasteiger partial charge on any atom is -0.497 e. The number of carbonyl (C=O) groups excluding carboxylic acids is 1. The topological polar surface area (TPSA) is 110 Å². The summed E-state index contributed by atoms with van der Waals surface area (Å²) in [5.74, 6) is 0.820. The minimum atomic E-state index is -0.501. The van der Waals surface area contributed by atoms with Crippen LogP contribution >= 0.6 is 0 Å². The zero-order chi connectivity index (χ0) is 23.9. The number of methoxy groups -OCH3 is 2. The number of halogens is 1. The fourth-order valence-corrected chi connectivity index (χ4v) is 3.53. The highest BCUT2D eigenvalue weighted by Crippen LogP contribution is 2.30. The first kappa shape index (κ1) is 23.0. The van der Waals surface area contributed by atoms with Crippen LogP contribution in [0.1, 0.15) is 21.6 Å². The summed E-state index contributed by atoms with van der Waals surface area (Å²) < 4.78 is 24.5. The molecule has 0 atom stereocenters. The summed E-state index contributed by atoms with van der Waals surface area (Å²) >= 11 is 0. The first-order valence-electron chi connectivity index (χ1n) is 10.7. The number of aliphatic imine (C=N–C) groups is 1. The second kappa shape index (κ2) is 10.6. The van der Waals surface area contributed by atoms with E-state index in [1.165, 1.54) is 13.2 Å². The molecule has 0 radical (unpaired) electrons. The van der Waals surface area contributed by atoms with Gasteiger partial charge in [0.05, 0.1) is 39.2 Å². The summed E-state index contributed by atoms with van der Waals surface area (Å²) in [5.41, 5.74) is 2.93. The molecular formula is C24H25FN6O3. The van der Waals surface area contributed by atoms with Gasteiger partial charge >= 0.3 is 0 Å². The molecule has 0 aliphatic carbocycles. The summed E-state index contributed by atoms with van der Waals surface area (Å²) in [7, 11) is 3.04. The molecule has 4 rings (SSSR count). The lowest BCUT2D eigenvalue weighted by Gasteiger charge is -2.14. The van der Waals surface area contributed by atoms with Crippen LogP contribution in [0.2, 0.25) is 0 Å². The number of hydrogen-bond acceptors (Lipinski definition) is 8. The molecule has 176 valence electrons. The third kappa shape index (κ3) is 5.58. The van der Waals surface area contributed by atoms with Crippen LogP contribution in [0.15, 0.2) is 53.8 Å². The number of nitrogens with one attached hydrogen (secondary N) is 3. The van der Waals surface area contributed by atoms with E-state index in [1.54, 1.807) is 37.6 Å². The quantitative estimate of drug-likeness (QED) is 0.469. The van der Waals surface area contributed by atoms with E-state index in [0.29, 0.717) is 47.2 Å². The van der Waals surface area contributed by atoms with E-state index in [0.717, 1.165) is 18.3 Å². The van der Waals surface area contributed by atoms with Gasteiger partial charge in [0, 0.05) is 36.5 Å². The van der Waals surface area contributed by atoms with Crippen molar-refractivity contribution in [2.75, 3.05) is 27.3 Å². The van der Waals surface area contributed by atoms with Crippen LogP contribution in [-0.4, -0.2) is 49.1 Å². The molecule has 0 saturated heterocycles. The number of rotatable bonds is 8. The van der Waals surface area contributed by atoms with Crippen LogP contribution in [0.5, 0.6) is 11.6 Å². The molecule has 2 aromatic heterocycles. The van der Waals surface area contributed by atoms with Gasteiger partial charge in [-0.1, -0.05) is 0 Å². The zero-order valence-corrected chi connectivity index (χ0v) is 18.9. The number of pyridine rings is 2. The Bertz CT molecular complexity index is 1220. The molecule has 10 heteroatoms. The van der Waals surface area contributed by atoms with Gasteiger partial charge in [0.25, 0.3) is 5.91 Å². The molecule has 0 bridgehead atoms.